The molecular weight excluding hydrogens is 384 g/mol. The number of nitrogens with zero attached hydrogens (tertiary/aromatic N) is 3. The maximum atomic E-state index is 12.8. The molecule has 27 heavy (non-hydrogen) atoms. The molecule has 2 N–H and O–H groups in total. The van der Waals surface area contributed by atoms with E-state index >= 15 is 0 Å². The Balaban J connectivity index is 1.83. The molecule has 0 amide bonds. The molecular formula is C18H27ClN4O3Si. The summed E-state index contributed by atoms with van der Waals surface area (Å²) in [5.41, 5.74) is 5.48. The Morgan fingerprint density at radius 2 is 2.11 bits per heavy atom. The number of rotatable bonds is 4. The quantitative estimate of drug-likeness (QED) is 0.606. The van der Waals surface area contributed by atoms with E-state index in [2.05, 4.69) is 43.8 Å². The SMILES string of the molecule is CC(C)(C)[Si](C)(C)OC[C@@]1(C)O[C@@H](n2ccc3c(N)nc(Cl)nc32)CC1=O. The highest BCUT2D eigenvalue weighted by molar-refractivity contribution is 6.74. The van der Waals surface area contributed by atoms with Crippen LogP contribution >= 0.6 is 11.6 Å². The summed E-state index contributed by atoms with van der Waals surface area (Å²) in [7, 11) is -1.99. The van der Waals surface area contributed by atoms with Gasteiger partial charge in [0.05, 0.1) is 18.4 Å². The number of hydrogen-bond acceptors (Lipinski definition) is 6. The molecule has 9 heteroatoms. The summed E-state index contributed by atoms with van der Waals surface area (Å²) >= 11 is 5.95. The molecule has 1 saturated heterocycles. The minimum absolute atomic E-state index is 0.0150. The third kappa shape index (κ3) is 3.63. The zero-order chi connectivity index (χ0) is 20.2. The molecule has 0 saturated carbocycles. The molecule has 2 atom stereocenters. The number of nitrogen functional groups attached to an aromatic ring is 1. The Morgan fingerprint density at radius 3 is 2.74 bits per heavy atom. The van der Waals surface area contributed by atoms with E-state index in [1.54, 1.807) is 23.8 Å². The van der Waals surface area contributed by atoms with E-state index in [9.17, 15) is 4.79 Å². The number of nitrogens with two attached hydrogens (primary N) is 1. The minimum Gasteiger partial charge on any atom is -0.413 e. The average Bonchev–Trinajstić information content (AvgIpc) is 3.07. The summed E-state index contributed by atoms with van der Waals surface area (Å²) in [6, 6.07) is 1.80. The first-order chi connectivity index (χ1) is 12.3. The van der Waals surface area contributed by atoms with Gasteiger partial charge in [0.25, 0.3) is 0 Å². The van der Waals surface area contributed by atoms with Gasteiger partial charge in [0.1, 0.15) is 23.3 Å². The highest BCUT2D eigenvalue weighted by Gasteiger charge is 2.48. The Kier molecular flexibility index (Phi) is 4.91. The predicted octanol–water partition coefficient (Wildman–Crippen LogP) is 3.94. The molecule has 0 radical (unpaired) electrons. The van der Waals surface area contributed by atoms with Crippen molar-refractivity contribution in [1.29, 1.82) is 0 Å². The third-order valence-corrected chi connectivity index (χ3v) is 10.4. The number of halogens is 1. The van der Waals surface area contributed by atoms with Gasteiger partial charge in [-0.25, -0.2) is 4.98 Å². The molecule has 3 rings (SSSR count). The number of hydrogen-bond donors (Lipinski definition) is 1. The summed E-state index contributed by atoms with van der Waals surface area (Å²) in [5, 5.41) is 0.807. The zero-order valence-electron chi connectivity index (χ0n) is 16.7. The first-order valence-corrected chi connectivity index (χ1v) is 12.3. The normalized spacial score (nSPS) is 24.1. The summed E-state index contributed by atoms with van der Waals surface area (Å²) in [6.45, 7) is 12.9. The van der Waals surface area contributed by atoms with Crippen LogP contribution in [0.3, 0.4) is 0 Å². The Morgan fingerprint density at radius 1 is 1.44 bits per heavy atom. The van der Waals surface area contributed by atoms with Gasteiger partial charge in [0.15, 0.2) is 14.1 Å². The largest absolute Gasteiger partial charge is 0.413 e. The van der Waals surface area contributed by atoms with Crippen LogP contribution in [0.2, 0.25) is 23.4 Å². The topological polar surface area (TPSA) is 92.3 Å². The van der Waals surface area contributed by atoms with Crippen LogP contribution < -0.4 is 5.73 Å². The van der Waals surface area contributed by atoms with Gasteiger partial charge in [-0.3, -0.25) is 4.79 Å². The van der Waals surface area contributed by atoms with Gasteiger partial charge in [-0.05, 0) is 42.7 Å². The molecule has 1 fully saturated rings. The fourth-order valence-corrected chi connectivity index (χ4v) is 4.09. The average molecular weight is 411 g/mol. The van der Waals surface area contributed by atoms with E-state index in [1.807, 2.05) is 0 Å². The number of ketones is 1. The minimum atomic E-state index is -1.99. The molecule has 1 aliphatic heterocycles. The van der Waals surface area contributed by atoms with E-state index in [4.69, 9.17) is 26.5 Å². The lowest BCUT2D eigenvalue weighted by molar-refractivity contribution is -0.138. The fourth-order valence-electron chi connectivity index (χ4n) is 2.85. The molecule has 1 aliphatic rings. The van der Waals surface area contributed by atoms with Gasteiger partial charge in [0, 0.05) is 6.20 Å². The van der Waals surface area contributed by atoms with E-state index in [0.29, 0.717) is 16.9 Å². The molecule has 7 nitrogen and oxygen atoms in total. The zero-order valence-corrected chi connectivity index (χ0v) is 18.4. The molecule has 0 aromatic carbocycles. The second kappa shape index (κ2) is 6.54. The van der Waals surface area contributed by atoms with Gasteiger partial charge in [0.2, 0.25) is 5.28 Å². The molecule has 0 spiro atoms. The highest BCUT2D eigenvalue weighted by atomic mass is 35.5. The van der Waals surface area contributed by atoms with Crippen molar-refractivity contribution in [3.05, 3.63) is 17.5 Å². The van der Waals surface area contributed by atoms with Gasteiger partial charge in [-0.15, -0.1) is 0 Å². The van der Waals surface area contributed by atoms with Gasteiger partial charge < -0.3 is 19.5 Å². The number of carbonyl (C=O) groups is 1. The highest BCUT2D eigenvalue weighted by Crippen LogP contribution is 2.40. The smallest absolute Gasteiger partial charge is 0.226 e. The summed E-state index contributed by atoms with van der Waals surface area (Å²) in [5.74, 6) is 0.318. The lowest BCUT2D eigenvalue weighted by Gasteiger charge is -2.38. The predicted molar refractivity (Wildman–Crippen MR) is 108 cm³/mol. The lowest BCUT2D eigenvalue weighted by atomic mass is 10.0. The van der Waals surface area contributed by atoms with Crippen molar-refractivity contribution >= 4 is 42.6 Å². The second-order valence-corrected chi connectivity index (χ2v) is 14.0. The molecule has 0 unspecified atom stereocenters. The van der Waals surface area contributed by atoms with Crippen LogP contribution in [-0.4, -0.2) is 40.8 Å². The number of ether oxygens (including phenoxy) is 1. The van der Waals surface area contributed by atoms with E-state index in [1.165, 1.54) is 0 Å². The fraction of sp³-hybridized carbons (Fsp3) is 0.611. The Labute approximate surface area is 165 Å². The Hall–Kier alpha value is -1.48. The van der Waals surface area contributed by atoms with Crippen molar-refractivity contribution < 1.29 is 14.0 Å². The first-order valence-electron chi connectivity index (χ1n) is 8.99. The second-order valence-electron chi connectivity index (χ2n) is 8.82. The van der Waals surface area contributed by atoms with Crippen LogP contribution in [0.5, 0.6) is 0 Å². The molecule has 0 aliphatic carbocycles. The van der Waals surface area contributed by atoms with Crippen LogP contribution in [0, 0.1) is 0 Å². The summed E-state index contributed by atoms with van der Waals surface area (Å²) in [4.78, 5) is 21.0. The van der Waals surface area contributed by atoms with Crippen molar-refractivity contribution in [2.75, 3.05) is 12.3 Å². The Bertz CT molecular complexity index is 893. The van der Waals surface area contributed by atoms with Crippen molar-refractivity contribution in [2.45, 2.75) is 64.1 Å². The van der Waals surface area contributed by atoms with Gasteiger partial charge >= 0.3 is 0 Å². The van der Waals surface area contributed by atoms with Crippen molar-refractivity contribution in [3.63, 3.8) is 0 Å². The molecule has 2 aromatic rings. The third-order valence-electron chi connectivity index (χ3n) is 5.74. The van der Waals surface area contributed by atoms with Crippen molar-refractivity contribution in [3.8, 4) is 0 Å². The van der Waals surface area contributed by atoms with E-state index in [0.717, 1.165) is 0 Å². The van der Waals surface area contributed by atoms with Crippen molar-refractivity contribution in [2.24, 2.45) is 0 Å². The number of Topliss-reactive ketones (excluding diaryl/α,β-unsaturated/α-hetero) is 1. The van der Waals surface area contributed by atoms with Crippen LogP contribution in [0.4, 0.5) is 5.82 Å². The van der Waals surface area contributed by atoms with Crippen LogP contribution in [0.1, 0.15) is 40.3 Å². The summed E-state index contributed by atoms with van der Waals surface area (Å²) < 4.78 is 14.2. The first kappa shape index (κ1) is 20.3. The molecule has 0 bridgehead atoms. The number of anilines is 1. The van der Waals surface area contributed by atoms with Crippen LogP contribution in [-0.2, 0) is 14.0 Å². The maximum absolute atomic E-state index is 12.8. The molecule has 2 aromatic heterocycles. The van der Waals surface area contributed by atoms with Gasteiger partial charge in [-0.1, -0.05) is 20.8 Å². The maximum Gasteiger partial charge on any atom is 0.226 e. The van der Waals surface area contributed by atoms with E-state index in [-0.39, 0.29) is 29.1 Å². The molecule has 148 valence electrons. The standard InChI is InChI=1S/C18H27ClN4O3Si/c1-17(2,3)27(5,6)25-10-18(4)12(24)9-13(26-18)23-8-7-11-14(20)21-16(19)22-15(11)23/h7-8,13H,9-10H2,1-6H3,(H2,20,21,22)/t13-,18-/m1/s1. The number of fused-ring (bicyclic) bond motifs is 1. The van der Waals surface area contributed by atoms with Crippen LogP contribution in [0.25, 0.3) is 11.0 Å². The molecule has 3 heterocycles. The van der Waals surface area contributed by atoms with E-state index < -0.39 is 20.1 Å². The monoisotopic (exact) mass is 410 g/mol. The lowest BCUT2D eigenvalue weighted by Crippen LogP contribution is -2.47. The van der Waals surface area contributed by atoms with Crippen molar-refractivity contribution in [1.82, 2.24) is 14.5 Å². The number of aromatic nitrogens is 3. The summed E-state index contributed by atoms with van der Waals surface area (Å²) in [6.07, 6.45) is 1.56. The van der Waals surface area contributed by atoms with Gasteiger partial charge in [-0.2, -0.15) is 4.98 Å². The van der Waals surface area contributed by atoms with Crippen LogP contribution in [0.15, 0.2) is 12.3 Å². The number of carbonyl (C=O) groups excluding carboxylic acids is 1.